The Balaban J connectivity index is 1.49. The van der Waals surface area contributed by atoms with E-state index >= 15 is 0 Å². The normalized spacial score (nSPS) is 10.3. The van der Waals surface area contributed by atoms with Gasteiger partial charge in [0.1, 0.15) is 0 Å². The minimum atomic E-state index is -0.135. The predicted octanol–water partition coefficient (Wildman–Crippen LogP) is 1.37. The Hall–Kier alpha value is -1.74. The zero-order valence-corrected chi connectivity index (χ0v) is 12.9. The third-order valence-electron chi connectivity index (χ3n) is 2.50. The molecule has 4 N–H and O–H groups in total. The van der Waals surface area contributed by atoms with E-state index in [0.29, 0.717) is 22.8 Å². The highest BCUT2D eigenvalue weighted by Crippen LogP contribution is 2.07. The van der Waals surface area contributed by atoms with Gasteiger partial charge in [-0.15, -0.1) is 22.7 Å². The third kappa shape index (κ3) is 5.27. The molecule has 2 rings (SSSR count). The Morgan fingerprint density at radius 2 is 1.33 bits per heavy atom. The average molecular weight is 324 g/mol. The van der Waals surface area contributed by atoms with Crippen LogP contribution in [0.25, 0.3) is 0 Å². The lowest BCUT2D eigenvalue weighted by Gasteiger charge is -2.07. The van der Waals surface area contributed by atoms with Crippen LogP contribution in [0.5, 0.6) is 0 Å². The van der Waals surface area contributed by atoms with E-state index in [1.165, 1.54) is 22.7 Å². The first-order valence-corrected chi connectivity index (χ1v) is 8.16. The molecule has 0 aromatic carbocycles. The molecule has 8 heteroatoms. The molecule has 112 valence electrons. The molecule has 2 aromatic rings. The molecule has 0 radical (unpaired) electrons. The highest BCUT2D eigenvalue weighted by molar-refractivity contribution is 7.12. The average Bonchev–Trinajstić information content (AvgIpc) is 3.18. The molecule has 2 heterocycles. The maximum Gasteiger partial charge on any atom is 0.275 e. The summed E-state index contributed by atoms with van der Waals surface area (Å²) in [5.74, 6) is -0.270. The maximum absolute atomic E-state index is 11.6. The number of rotatable bonds is 8. The van der Waals surface area contributed by atoms with Crippen molar-refractivity contribution in [2.45, 2.75) is 6.42 Å². The number of carbonyl (C=O) groups excluding carboxylic acids is 2. The fourth-order valence-electron chi connectivity index (χ4n) is 1.49. The molecule has 2 aromatic heterocycles. The van der Waals surface area contributed by atoms with Crippen LogP contribution < -0.4 is 21.7 Å². The molecule has 0 saturated heterocycles. The van der Waals surface area contributed by atoms with Gasteiger partial charge in [0.05, 0.1) is 9.75 Å². The molecule has 0 aliphatic carbocycles. The van der Waals surface area contributed by atoms with Gasteiger partial charge in [-0.2, -0.15) is 0 Å². The molecule has 0 atom stereocenters. The van der Waals surface area contributed by atoms with Crippen molar-refractivity contribution in [2.24, 2.45) is 0 Å². The molecule has 0 spiro atoms. The van der Waals surface area contributed by atoms with Gasteiger partial charge < -0.3 is 0 Å². The largest absolute Gasteiger partial charge is 0.287 e. The Kier molecular flexibility index (Phi) is 6.35. The molecule has 0 saturated carbocycles. The van der Waals surface area contributed by atoms with Gasteiger partial charge in [0.2, 0.25) is 0 Å². The Bertz CT molecular complexity index is 505. The zero-order chi connectivity index (χ0) is 14.9. The molecule has 0 aliphatic rings. The molecular weight excluding hydrogens is 308 g/mol. The van der Waals surface area contributed by atoms with Crippen LogP contribution in [-0.4, -0.2) is 24.9 Å². The summed E-state index contributed by atoms with van der Waals surface area (Å²) in [7, 11) is 0. The monoisotopic (exact) mass is 324 g/mol. The van der Waals surface area contributed by atoms with Crippen LogP contribution in [-0.2, 0) is 0 Å². The summed E-state index contributed by atoms with van der Waals surface area (Å²) < 4.78 is 0. The second-order valence-electron chi connectivity index (χ2n) is 4.07. The second-order valence-corrected chi connectivity index (χ2v) is 5.97. The minimum Gasteiger partial charge on any atom is -0.287 e. The van der Waals surface area contributed by atoms with E-state index < -0.39 is 0 Å². The van der Waals surface area contributed by atoms with Crippen LogP contribution in [0, 0.1) is 0 Å². The van der Waals surface area contributed by atoms with Crippen molar-refractivity contribution < 1.29 is 9.59 Å². The second kappa shape index (κ2) is 8.53. The first kappa shape index (κ1) is 15.6. The van der Waals surface area contributed by atoms with Crippen LogP contribution in [0.2, 0.25) is 0 Å². The standard InChI is InChI=1S/C13H16N4O2S2/c18-12(10-4-1-8-20-10)16-14-6-3-7-15-17-13(19)11-5-2-9-21-11/h1-2,4-5,8-9,14-15H,3,6-7H2,(H,16,18)(H,17,19). The van der Waals surface area contributed by atoms with Gasteiger partial charge in [-0.3, -0.25) is 20.4 Å². The molecule has 0 fully saturated rings. The Labute approximate surface area is 130 Å². The molecule has 0 bridgehead atoms. The summed E-state index contributed by atoms with van der Waals surface area (Å²) in [6.45, 7) is 1.22. The van der Waals surface area contributed by atoms with Gasteiger partial charge >= 0.3 is 0 Å². The van der Waals surface area contributed by atoms with Gasteiger partial charge in [0.15, 0.2) is 0 Å². The van der Waals surface area contributed by atoms with Gasteiger partial charge in [0.25, 0.3) is 11.8 Å². The van der Waals surface area contributed by atoms with Crippen molar-refractivity contribution in [1.29, 1.82) is 0 Å². The first-order chi connectivity index (χ1) is 10.3. The lowest BCUT2D eigenvalue weighted by molar-refractivity contribution is 0.0934. The summed E-state index contributed by atoms with van der Waals surface area (Å²) in [6.07, 6.45) is 0.759. The summed E-state index contributed by atoms with van der Waals surface area (Å²) in [4.78, 5) is 24.5. The van der Waals surface area contributed by atoms with E-state index in [9.17, 15) is 9.59 Å². The van der Waals surface area contributed by atoms with Gasteiger partial charge in [-0.1, -0.05) is 12.1 Å². The fraction of sp³-hybridized carbons (Fsp3) is 0.231. The number of thiophene rings is 2. The zero-order valence-electron chi connectivity index (χ0n) is 11.2. The van der Waals surface area contributed by atoms with Crippen molar-refractivity contribution in [3.8, 4) is 0 Å². The molecule has 21 heavy (non-hydrogen) atoms. The van der Waals surface area contributed by atoms with Crippen LogP contribution >= 0.6 is 22.7 Å². The molecule has 6 nitrogen and oxygen atoms in total. The first-order valence-electron chi connectivity index (χ1n) is 6.41. The van der Waals surface area contributed by atoms with E-state index in [1.54, 1.807) is 12.1 Å². The van der Waals surface area contributed by atoms with Crippen molar-refractivity contribution in [3.63, 3.8) is 0 Å². The van der Waals surface area contributed by atoms with E-state index in [1.807, 2.05) is 22.9 Å². The summed E-state index contributed by atoms with van der Waals surface area (Å²) in [5, 5.41) is 3.71. The van der Waals surface area contributed by atoms with Crippen molar-refractivity contribution in [1.82, 2.24) is 21.7 Å². The van der Waals surface area contributed by atoms with Crippen LogP contribution in [0.15, 0.2) is 35.0 Å². The van der Waals surface area contributed by atoms with Gasteiger partial charge in [0, 0.05) is 13.1 Å². The SMILES string of the molecule is O=C(NNCCCNNC(=O)c1cccs1)c1cccs1. The lowest BCUT2D eigenvalue weighted by atomic mass is 10.4. The lowest BCUT2D eigenvalue weighted by Crippen LogP contribution is -2.41. The van der Waals surface area contributed by atoms with E-state index in [-0.39, 0.29) is 11.8 Å². The Morgan fingerprint density at radius 1 is 0.857 bits per heavy atom. The Morgan fingerprint density at radius 3 is 1.71 bits per heavy atom. The highest BCUT2D eigenvalue weighted by atomic mass is 32.1. The smallest absolute Gasteiger partial charge is 0.275 e. The van der Waals surface area contributed by atoms with Crippen molar-refractivity contribution in [2.75, 3.05) is 13.1 Å². The third-order valence-corrected chi connectivity index (χ3v) is 4.23. The maximum atomic E-state index is 11.6. The van der Waals surface area contributed by atoms with Crippen LogP contribution in [0.4, 0.5) is 0 Å². The summed E-state index contributed by atoms with van der Waals surface area (Å²) in [6, 6.07) is 7.20. The quantitative estimate of drug-likeness (QED) is 0.437. The van der Waals surface area contributed by atoms with Crippen molar-refractivity contribution in [3.05, 3.63) is 44.8 Å². The number of hydrazine groups is 2. The van der Waals surface area contributed by atoms with E-state index in [4.69, 9.17) is 0 Å². The summed E-state index contributed by atoms with van der Waals surface area (Å²) >= 11 is 2.79. The van der Waals surface area contributed by atoms with Crippen LogP contribution in [0.3, 0.4) is 0 Å². The minimum absolute atomic E-state index is 0.135. The number of amides is 2. The number of nitrogens with one attached hydrogen (secondary N) is 4. The molecule has 0 aliphatic heterocycles. The van der Waals surface area contributed by atoms with Gasteiger partial charge in [-0.25, -0.2) is 10.9 Å². The molecular formula is C13H16N4O2S2. The van der Waals surface area contributed by atoms with Gasteiger partial charge in [-0.05, 0) is 29.3 Å². The number of carbonyl (C=O) groups is 2. The van der Waals surface area contributed by atoms with Crippen molar-refractivity contribution >= 4 is 34.5 Å². The number of hydrogen-bond donors (Lipinski definition) is 4. The van der Waals surface area contributed by atoms with Crippen LogP contribution in [0.1, 0.15) is 25.8 Å². The predicted molar refractivity (Wildman–Crippen MR) is 84.2 cm³/mol. The van der Waals surface area contributed by atoms with E-state index in [2.05, 4.69) is 21.7 Å². The van der Waals surface area contributed by atoms with E-state index in [0.717, 1.165) is 6.42 Å². The fourth-order valence-corrected chi connectivity index (χ4v) is 2.73. The topological polar surface area (TPSA) is 82.3 Å². The highest BCUT2D eigenvalue weighted by Gasteiger charge is 2.05. The molecule has 2 amide bonds. The number of hydrogen-bond acceptors (Lipinski definition) is 6. The molecule has 0 unspecified atom stereocenters. The summed E-state index contributed by atoms with van der Waals surface area (Å²) in [5.41, 5.74) is 10.9.